The summed E-state index contributed by atoms with van der Waals surface area (Å²) in [5.41, 5.74) is 0. The van der Waals surface area contributed by atoms with Crippen LogP contribution < -0.4 is 16.4 Å². The molecule has 0 aliphatic heterocycles. The van der Waals surface area contributed by atoms with E-state index in [9.17, 15) is 0 Å². The van der Waals surface area contributed by atoms with Gasteiger partial charge in [0.1, 0.15) is 0 Å². The monoisotopic (exact) mass is 249 g/mol. The van der Waals surface area contributed by atoms with Gasteiger partial charge in [-0.25, -0.2) is 0 Å². The number of carboxylic acid groups (broad SMARTS) is 2. The minimum absolute atomic E-state index is 0. The molecule has 0 aliphatic rings. The van der Waals surface area contributed by atoms with Crippen molar-refractivity contribution >= 4 is 11.9 Å². The summed E-state index contributed by atoms with van der Waals surface area (Å²) in [7, 11) is 0. The summed E-state index contributed by atoms with van der Waals surface area (Å²) in [6.07, 6.45) is 0. The van der Waals surface area contributed by atoms with Crippen LogP contribution in [-0.4, -0.2) is 11.9 Å². The maximum atomic E-state index is 8.89. The third-order valence-corrected chi connectivity index (χ3v) is 0. The molecule has 10 heavy (non-hydrogen) atoms. The Balaban J connectivity index is -0.0000000300. The molecule has 0 spiro atoms. The predicted octanol–water partition coefficient (Wildman–Crippen LogP) is -2.33. The first kappa shape index (κ1) is 22.6. The first-order valence-electron chi connectivity index (χ1n) is 1.82. The molecule has 0 rings (SSSR count). The van der Waals surface area contributed by atoms with Gasteiger partial charge >= 0.3 is 27.3 Å². The molecule has 0 fully saturated rings. The van der Waals surface area contributed by atoms with E-state index in [-0.39, 0.29) is 33.4 Å². The maximum absolute atomic E-state index is 8.89. The largest absolute Gasteiger partial charge is 2.00 e. The minimum Gasteiger partial charge on any atom is -0.550 e. The Kier molecular flexibility index (Phi) is 35.9. The van der Waals surface area contributed by atoms with Crippen molar-refractivity contribution in [3.05, 3.63) is 0 Å². The van der Waals surface area contributed by atoms with Crippen LogP contribution in [0.4, 0.5) is 0 Å². The molecule has 6 heteroatoms. The Morgan fingerprint density at radius 1 is 1.00 bits per heavy atom. The van der Waals surface area contributed by atoms with Gasteiger partial charge in [-0.15, -0.1) is 0 Å². The van der Waals surface area contributed by atoms with Gasteiger partial charge in [0.2, 0.25) is 0 Å². The first-order valence-corrected chi connectivity index (χ1v) is 1.82. The Morgan fingerprint density at radius 3 is 1.00 bits per heavy atom. The molecule has 0 aromatic heterocycles. The van der Waals surface area contributed by atoms with E-state index in [1.807, 2.05) is 0 Å². The van der Waals surface area contributed by atoms with Gasteiger partial charge in [-0.05, 0) is 13.8 Å². The van der Waals surface area contributed by atoms with E-state index in [1.54, 1.807) is 0 Å². The quantitative estimate of drug-likeness (QED) is 0.482. The normalized spacial score (nSPS) is 5.00. The summed E-state index contributed by atoms with van der Waals surface area (Å²) >= 11 is 0. The summed E-state index contributed by atoms with van der Waals surface area (Å²) in [5.74, 6) is -2.17. The predicted molar refractivity (Wildman–Crippen MR) is 26.4 cm³/mol. The Labute approximate surface area is 79.2 Å². The number of hydrogen-bond donors (Lipinski definition) is 1. The second-order valence-electron chi connectivity index (χ2n) is 0.983. The van der Waals surface area contributed by atoms with Crippen molar-refractivity contribution in [1.29, 1.82) is 0 Å². The molecule has 56 valence electrons. The van der Waals surface area contributed by atoms with Crippen LogP contribution in [0, 0.1) is 0 Å². The molecule has 0 amide bonds. The van der Waals surface area contributed by atoms with Crippen molar-refractivity contribution < 1.29 is 47.1 Å². The van der Waals surface area contributed by atoms with Gasteiger partial charge in [0.05, 0.1) is 0 Å². The van der Waals surface area contributed by atoms with Crippen LogP contribution in [0.15, 0.2) is 0 Å². The van der Waals surface area contributed by atoms with E-state index in [1.165, 1.54) is 0 Å². The van der Waals surface area contributed by atoms with Gasteiger partial charge in [0.25, 0.3) is 0 Å². The van der Waals surface area contributed by atoms with Crippen LogP contribution in [-0.2, 0) is 36.9 Å². The van der Waals surface area contributed by atoms with Crippen LogP contribution in [0.1, 0.15) is 13.8 Å². The zero-order chi connectivity index (χ0) is 7.15. The molecule has 0 saturated heterocycles. The average Bonchev–Trinajstić information content (AvgIpc) is 1.25. The second kappa shape index (κ2) is 15.9. The summed E-state index contributed by atoms with van der Waals surface area (Å²) in [6.45, 7) is 1.94. The molecule has 0 saturated carbocycles. The molecule has 0 radical (unpaired) electrons. The van der Waals surface area contributed by atoms with Crippen molar-refractivity contribution in [2.75, 3.05) is 0 Å². The fourth-order valence-corrected chi connectivity index (χ4v) is 0. The van der Waals surface area contributed by atoms with Gasteiger partial charge < -0.3 is 26.0 Å². The number of carbonyl (C=O) groups is 2. The molecule has 0 aromatic carbocycles. The van der Waals surface area contributed by atoms with Crippen molar-refractivity contribution in [3.8, 4) is 0 Å². The van der Waals surface area contributed by atoms with Gasteiger partial charge in [0.15, 0.2) is 0 Å². The SMILES string of the molecule is CC(=O)[O-].CC(=O)[O-].N.[Cd+2]. The summed E-state index contributed by atoms with van der Waals surface area (Å²) in [6, 6.07) is 0. The van der Waals surface area contributed by atoms with Crippen molar-refractivity contribution in [2.24, 2.45) is 0 Å². The Hall–Kier alpha value is -0.178. The number of carboxylic acids is 2. The van der Waals surface area contributed by atoms with Gasteiger partial charge in [-0.2, -0.15) is 0 Å². The second-order valence-corrected chi connectivity index (χ2v) is 0.983. The fourth-order valence-electron chi connectivity index (χ4n) is 0. The Morgan fingerprint density at radius 2 is 1.00 bits per heavy atom. The smallest absolute Gasteiger partial charge is 0.550 e. The number of carbonyl (C=O) groups excluding carboxylic acids is 2. The Bertz CT molecular complexity index is 75.3. The van der Waals surface area contributed by atoms with Crippen LogP contribution in [0.5, 0.6) is 0 Å². The van der Waals surface area contributed by atoms with Gasteiger partial charge in [-0.3, -0.25) is 0 Å². The molecule has 0 heterocycles. The number of rotatable bonds is 0. The van der Waals surface area contributed by atoms with Crippen molar-refractivity contribution in [2.45, 2.75) is 13.8 Å². The summed E-state index contributed by atoms with van der Waals surface area (Å²) in [5, 5.41) is 17.8. The topological polar surface area (TPSA) is 115 Å². The number of aliphatic carboxylic acids is 2. The van der Waals surface area contributed by atoms with Crippen molar-refractivity contribution in [1.82, 2.24) is 6.15 Å². The fraction of sp³-hybridized carbons (Fsp3) is 0.500. The van der Waals surface area contributed by atoms with E-state index < -0.39 is 11.9 Å². The van der Waals surface area contributed by atoms with Crippen LogP contribution in [0.3, 0.4) is 0 Å². The number of hydrogen-bond acceptors (Lipinski definition) is 5. The zero-order valence-corrected chi connectivity index (χ0v) is 10.1. The molecular formula is C4H9CdNO4. The minimum atomic E-state index is -1.08. The molecular weight excluding hydrogens is 238 g/mol. The van der Waals surface area contributed by atoms with E-state index >= 15 is 0 Å². The molecule has 5 nitrogen and oxygen atoms in total. The van der Waals surface area contributed by atoms with Crippen LogP contribution in [0.25, 0.3) is 0 Å². The zero-order valence-electron chi connectivity index (χ0n) is 6.05. The van der Waals surface area contributed by atoms with Crippen LogP contribution in [0.2, 0.25) is 0 Å². The maximum Gasteiger partial charge on any atom is 2.00 e. The van der Waals surface area contributed by atoms with E-state index in [0.717, 1.165) is 13.8 Å². The summed E-state index contributed by atoms with van der Waals surface area (Å²) in [4.78, 5) is 17.8. The molecule has 3 N–H and O–H groups in total. The van der Waals surface area contributed by atoms with E-state index in [2.05, 4.69) is 0 Å². The summed E-state index contributed by atoms with van der Waals surface area (Å²) < 4.78 is 0. The van der Waals surface area contributed by atoms with Gasteiger partial charge in [-0.1, -0.05) is 0 Å². The molecule has 0 atom stereocenters. The third kappa shape index (κ3) is 11500. The van der Waals surface area contributed by atoms with E-state index in [0.29, 0.717) is 0 Å². The third-order valence-electron chi connectivity index (χ3n) is 0. The molecule has 0 bridgehead atoms. The molecule has 0 unspecified atom stereocenters. The van der Waals surface area contributed by atoms with Crippen molar-refractivity contribution in [3.63, 3.8) is 0 Å². The first-order chi connectivity index (χ1) is 3.46. The molecule has 0 aliphatic carbocycles. The van der Waals surface area contributed by atoms with E-state index in [4.69, 9.17) is 19.8 Å². The molecule has 0 aromatic rings. The average molecular weight is 248 g/mol. The van der Waals surface area contributed by atoms with Gasteiger partial charge in [0, 0.05) is 11.9 Å². The standard InChI is InChI=1S/2C2H4O2.Cd.H3N/c2*1-2(3)4;;/h2*1H3,(H,3,4);;1H3/q;;+2;/p-2. The van der Waals surface area contributed by atoms with Crippen LogP contribution >= 0.6 is 0 Å².